The van der Waals surface area contributed by atoms with E-state index in [1.165, 1.54) is 6.07 Å². The summed E-state index contributed by atoms with van der Waals surface area (Å²) >= 11 is 0. The topological polar surface area (TPSA) is 16.1 Å². The molecule has 1 atom stereocenters. The average molecular weight is 334 g/mol. The van der Waals surface area contributed by atoms with Gasteiger partial charge in [-0.1, -0.05) is 18.1 Å². The molecule has 0 aliphatic carbocycles. The maximum absolute atomic E-state index is 14.8. The Bertz CT molecular complexity index is 777. The second kappa shape index (κ2) is 6.16. The van der Waals surface area contributed by atoms with Crippen LogP contribution in [-0.4, -0.2) is 23.7 Å². The molecule has 0 saturated carbocycles. The van der Waals surface area contributed by atoms with Gasteiger partial charge < -0.3 is 4.90 Å². The van der Waals surface area contributed by atoms with Crippen LogP contribution in [0.2, 0.25) is 0 Å². The highest BCUT2D eigenvalue weighted by molar-refractivity contribution is 5.52. The molecular weight excluding hydrogens is 320 g/mol. The third kappa shape index (κ3) is 3.67. The highest BCUT2D eigenvalue weighted by Gasteiger charge is 2.38. The van der Waals surface area contributed by atoms with Gasteiger partial charge in [0.05, 0.1) is 12.1 Å². The third-order valence-corrected chi connectivity index (χ3v) is 3.84. The molecule has 2 nitrogen and oxygen atoms in total. The van der Waals surface area contributed by atoms with Gasteiger partial charge in [-0.15, -0.1) is 0 Å². The molecule has 1 fully saturated rings. The summed E-state index contributed by atoms with van der Waals surface area (Å²) in [7, 11) is 0. The van der Waals surface area contributed by atoms with Crippen LogP contribution in [0, 0.1) is 11.8 Å². The van der Waals surface area contributed by atoms with Crippen molar-refractivity contribution in [3.05, 3.63) is 59.9 Å². The minimum atomic E-state index is -4.42. The zero-order chi connectivity index (χ0) is 17.2. The number of benzene rings is 1. The third-order valence-electron chi connectivity index (χ3n) is 3.84. The Balaban J connectivity index is 1.77. The summed E-state index contributed by atoms with van der Waals surface area (Å²) in [6.45, 7) is 0.253. The minimum Gasteiger partial charge on any atom is -0.367 e. The molecular formula is C18H14F4N2. The number of halogens is 4. The van der Waals surface area contributed by atoms with Gasteiger partial charge in [-0.3, -0.25) is 0 Å². The van der Waals surface area contributed by atoms with E-state index in [4.69, 9.17) is 0 Å². The normalized spacial score (nSPS) is 20.6. The fourth-order valence-electron chi connectivity index (χ4n) is 2.59. The summed E-state index contributed by atoms with van der Waals surface area (Å²) in [6, 6.07) is 10.1. The van der Waals surface area contributed by atoms with Crippen molar-refractivity contribution < 1.29 is 17.6 Å². The molecule has 24 heavy (non-hydrogen) atoms. The molecule has 1 aliphatic heterocycles. The summed E-state index contributed by atoms with van der Waals surface area (Å²) in [5, 5.41) is 0. The Morgan fingerprint density at radius 3 is 2.67 bits per heavy atom. The van der Waals surface area contributed by atoms with E-state index in [0.717, 1.165) is 12.1 Å². The van der Waals surface area contributed by atoms with Crippen molar-refractivity contribution in [2.75, 3.05) is 18.0 Å². The lowest BCUT2D eigenvalue weighted by Crippen LogP contribution is -2.27. The summed E-state index contributed by atoms with van der Waals surface area (Å²) in [6.07, 6.45) is -2.71. The molecule has 124 valence electrons. The zero-order valence-corrected chi connectivity index (χ0v) is 12.6. The minimum absolute atomic E-state index is 0.0614. The first-order valence-electron chi connectivity index (χ1n) is 7.41. The molecule has 1 aromatic heterocycles. The Kier molecular flexibility index (Phi) is 4.18. The van der Waals surface area contributed by atoms with Gasteiger partial charge in [0.25, 0.3) is 0 Å². The average Bonchev–Trinajstić information content (AvgIpc) is 2.96. The highest BCUT2D eigenvalue weighted by Crippen LogP contribution is 2.34. The van der Waals surface area contributed by atoms with Crippen LogP contribution in [0.3, 0.4) is 0 Å². The Labute approximate surface area is 137 Å². The molecule has 0 spiro atoms. The predicted octanol–water partition coefficient (Wildman–Crippen LogP) is 4.07. The number of rotatable bonds is 1. The van der Waals surface area contributed by atoms with Gasteiger partial charge in [-0.2, -0.15) is 13.2 Å². The second-order valence-corrected chi connectivity index (χ2v) is 5.65. The number of nitrogens with zero attached hydrogens (tertiary/aromatic N) is 2. The molecule has 1 saturated heterocycles. The van der Waals surface area contributed by atoms with E-state index in [2.05, 4.69) is 16.8 Å². The smallest absolute Gasteiger partial charge is 0.367 e. The van der Waals surface area contributed by atoms with Crippen LogP contribution in [0.1, 0.15) is 17.7 Å². The van der Waals surface area contributed by atoms with Crippen LogP contribution in [0.15, 0.2) is 48.7 Å². The van der Waals surface area contributed by atoms with Gasteiger partial charge in [0.15, 0.2) is 5.67 Å². The van der Waals surface area contributed by atoms with Crippen LogP contribution < -0.4 is 4.90 Å². The van der Waals surface area contributed by atoms with Gasteiger partial charge >= 0.3 is 6.18 Å². The van der Waals surface area contributed by atoms with E-state index < -0.39 is 17.4 Å². The molecule has 3 rings (SSSR count). The van der Waals surface area contributed by atoms with E-state index in [1.807, 2.05) is 0 Å². The quantitative estimate of drug-likeness (QED) is 0.577. The molecule has 6 heteroatoms. The van der Waals surface area contributed by atoms with Crippen LogP contribution in [0.4, 0.5) is 23.2 Å². The van der Waals surface area contributed by atoms with E-state index in [9.17, 15) is 17.6 Å². The first-order chi connectivity index (χ1) is 11.4. The molecule has 1 aromatic carbocycles. The standard InChI is InChI=1S/C18H14F4N2/c19-17(8-7-15-5-1-2-10-23-15)9-11-24(13-17)16-6-3-4-14(12-16)18(20,21)22/h1-6,10,12H,9,11,13H2. The Hall–Kier alpha value is -2.55. The monoisotopic (exact) mass is 334 g/mol. The largest absolute Gasteiger partial charge is 0.416 e. The van der Waals surface area contributed by atoms with E-state index in [-0.39, 0.29) is 13.0 Å². The van der Waals surface area contributed by atoms with Crippen molar-refractivity contribution >= 4 is 5.69 Å². The Morgan fingerprint density at radius 2 is 1.96 bits per heavy atom. The van der Waals surface area contributed by atoms with Gasteiger partial charge in [0.2, 0.25) is 0 Å². The number of hydrogen-bond donors (Lipinski definition) is 0. The SMILES string of the molecule is FC1(C#Cc2ccccn2)CCN(c2cccc(C(F)(F)F)c2)C1. The molecule has 0 amide bonds. The van der Waals surface area contributed by atoms with Crippen molar-refractivity contribution in [2.24, 2.45) is 0 Å². The molecule has 1 aliphatic rings. The van der Waals surface area contributed by atoms with Gasteiger partial charge in [-0.05, 0) is 36.3 Å². The molecule has 0 bridgehead atoms. The van der Waals surface area contributed by atoms with Crippen molar-refractivity contribution in [1.29, 1.82) is 0 Å². The fraction of sp³-hybridized carbons (Fsp3) is 0.278. The van der Waals surface area contributed by atoms with Crippen LogP contribution in [0.5, 0.6) is 0 Å². The van der Waals surface area contributed by atoms with Gasteiger partial charge in [0, 0.05) is 24.8 Å². The zero-order valence-electron chi connectivity index (χ0n) is 12.6. The molecule has 1 unspecified atom stereocenters. The summed E-state index contributed by atoms with van der Waals surface area (Å²) < 4.78 is 53.2. The van der Waals surface area contributed by atoms with Gasteiger partial charge in [0.1, 0.15) is 5.69 Å². The molecule has 0 radical (unpaired) electrons. The molecule has 2 aromatic rings. The predicted molar refractivity (Wildman–Crippen MR) is 83.2 cm³/mol. The maximum Gasteiger partial charge on any atom is 0.416 e. The van der Waals surface area contributed by atoms with E-state index in [1.54, 1.807) is 35.4 Å². The first-order valence-corrected chi connectivity index (χ1v) is 7.41. The number of pyridine rings is 1. The lowest BCUT2D eigenvalue weighted by Gasteiger charge is -2.20. The fourth-order valence-corrected chi connectivity index (χ4v) is 2.59. The maximum atomic E-state index is 14.8. The summed E-state index contributed by atoms with van der Waals surface area (Å²) in [5.41, 5.74) is -1.68. The number of hydrogen-bond acceptors (Lipinski definition) is 2. The van der Waals surface area contributed by atoms with Crippen molar-refractivity contribution in [3.63, 3.8) is 0 Å². The summed E-state index contributed by atoms with van der Waals surface area (Å²) in [4.78, 5) is 5.59. The summed E-state index contributed by atoms with van der Waals surface area (Å²) in [5.74, 6) is 5.27. The Morgan fingerprint density at radius 1 is 1.12 bits per heavy atom. The molecule has 0 N–H and O–H groups in total. The van der Waals surface area contributed by atoms with Gasteiger partial charge in [-0.25, -0.2) is 9.37 Å². The number of anilines is 1. The highest BCUT2D eigenvalue weighted by atomic mass is 19.4. The molecule has 2 heterocycles. The van der Waals surface area contributed by atoms with E-state index in [0.29, 0.717) is 17.9 Å². The van der Waals surface area contributed by atoms with Crippen molar-refractivity contribution in [2.45, 2.75) is 18.3 Å². The van der Waals surface area contributed by atoms with Crippen molar-refractivity contribution in [1.82, 2.24) is 4.98 Å². The lowest BCUT2D eigenvalue weighted by atomic mass is 10.1. The van der Waals surface area contributed by atoms with E-state index >= 15 is 0 Å². The van der Waals surface area contributed by atoms with Crippen LogP contribution >= 0.6 is 0 Å². The number of aromatic nitrogens is 1. The van der Waals surface area contributed by atoms with Crippen molar-refractivity contribution in [3.8, 4) is 11.8 Å². The van der Waals surface area contributed by atoms with Crippen LogP contribution in [0.25, 0.3) is 0 Å². The lowest BCUT2D eigenvalue weighted by molar-refractivity contribution is -0.137. The first kappa shape index (κ1) is 16.3. The van der Waals surface area contributed by atoms with Crippen LogP contribution in [-0.2, 0) is 6.18 Å². The second-order valence-electron chi connectivity index (χ2n) is 5.65. The number of alkyl halides is 4.